The molecular formula is C20H20N4O4. The van der Waals surface area contributed by atoms with Crippen LogP contribution in [0.1, 0.15) is 19.8 Å². The number of nitrogens with two attached hydrogens (primary N) is 1. The van der Waals surface area contributed by atoms with Gasteiger partial charge in [-0.25, -0.2) is 4.79 Å². The highest BCUT2D eigenvalue weighted by Gasteiger charge is 2.22. The van der Waals surface area contributed by atoms with Gasteiger partial charge in [0.25, 0.3) is 5.56 Å². The number of rotatable bonds is 4. The van der Waals surface area contributed by atoms with Crippen molar-refractivity contribution < 1.29 is 14.3 Å². The fourth-order valence-corrected chi connectivity index (χ4v) is 3.11. The summed E-state index contributed by atoms with van der Waals surface area (Å²) in [6.45, 7) is 2.57. The predicted octanol–water partition coefficient (Wildman–Crippen LogP) is 2.73. The van der Waals surface area contributed by atoms with Crippen molar-refractivity contribution in [2.45, 2.75) is 19.8 Å². The number of hydrogen-bond donors (Lipinski definition) is 2. The highest BCUT2D eigenvalue weighted by atomic mass is 16.7. The molecule has 0 aliphatic carbocycles. The smallest absolute Gasteiger partial charge is 0.345 e. The molecule has 0 fully saturated rings. The van der Waals surface area contributed by atoms with E-state index in [4.69, 9.17) is 15.2 Å². The molecule has 3 aromatic rings. The second-order valence-corrected chi connectivity index (χ2v) is 6.53. The Kier molecular flexibility index (Phi) is 4.60. The summed E-state index contributed by atoms with van der Waals surface area (Å²) in [5.74, 6) is 0.997. The molecule has 2 heterocycles. The standard InChI is InChI=1S/C20H20N4O4/c1-2-3-7-22-20(26)24-19(25)15-10-17-16(27-11-28-17)9-14(15)18(23-24)12-5-4-6-13(21)8-12/h4-6,8-10H,2-3,7,11,21H2,1H3,(H,22,26). The van der Waals surface area contributed by atoms with Crippen molar-refractivity contribution in [3.8, 4) is 22.8 Å². The van der Waals surface area contributed by atoms with Gasteiger partial charge in [0.05, 0.1) is 11.1 Å². The Morgan fingerprint density at radius 1 is 1.21 bits per heavy atom. The molecule has 1 aliphatic heterocycles. The van der Waals surface area contributed by atoms with Gasteiger partial charge in [-0.05, 0) is 30.7 Å². The first-order valence-corrected chi connectivity index (χ1v) is 9.09. The van der Waals surface area contributed by atoms with Crippen LogP contribution in [0.5, 0.6) is 11.5 Å². The van der Waals surface area contributed by atoms with Gasteiger partial charge < -0.3 is 20.5 Å². The molecule has 0 atom stereocenters. The Labute approximate surface area is 160 Å². The molecule has 0 radical (unpaired) electrons. The van der Waals surface area contributed by atoms with Gasteiger partial charge in [-0.15, -0.1) is 4.68 Å². The summed E-state index contributed by atoms with van der Waals surface area (Å²) in [7, 11) is 0. The summed E-state index contributed by atoms with van der Waals surface area (Å²) in [6.07, 6.45) is 1.74. The van der Waals surface area contributed by atoms with E-state index >= 15 is 0 Å². The highest BCUT2D eigenvalue weighted by Crippen LogP contribution is 2.37. The van der Waals surface area contributed by atoms with Crippen molar-refractivity contribution in [2.24, 2.45) is 0 Å². The third-order valence-corrected chi connectivity index (χ3v) is 4.55. The van der Waals surface area contributed by atoms with Crippen molar-refractivity contribution in [1.82, 2.24) is 15.1 Å². The van der Waals surface area contributed by atoms with E-state index in [1.165, 1.54) is 0 Å². The van der Waals surface area contributed by atoms with Crippen LogP contribution in [0.3, 0.4) is 0 Å². The molecule has 1 aliphatic rings. The number of fused-ring (bicyclic) bond motifs is 2. The van der Waals surface area contributed by atoms with E-state index in [2.05, 4.69) is 10.4 Å². The number of nitrogen functional groups attached to an aromatic ring is 1. The number of unbranched alkanes of at least 4 members (excludes halogenated alkanes) is 1. The van der Waals surface area contributed by atoms with Crippen LogP contribution < -0.4 is 26.1 Å². The topological polar surface area (TPSA) is 108 Å². The zero-order valence-electron chi connectivity index (χ0n) is 15.4. The molecule has 0 bridgehead atoms. The second-order valence-electron chi connectivity index (χ2n) is 6.53. The molecule has 1 aromatic heterocycles. The predicted molar refractivity (Wildman–Crippen MR) is 106 cm³/mol. The molecular weight excluding hydrogens is 360 g/mol. The fraction of sp³-hybridized carbons (Fsp3) is 0.250. The van der Waals surface area contributed by atoms with Gasteiger partial charge in [0.15, 0.2) is 11.5 Å². The van der Waals surface area contributed by atoms with Crippen molar-refractivity contribution in [2.75, 3.05) is 19.1 Å². The average molecular weight is 380 g/mol. The number of carbonyl (C=O) groups is 1. The third kappa shape index (κ3) is 3.13. The number of ether oxygens (including phenoxy) is 2. The quantitative estimate of drug-likeness (QED) is 0.532. The van der Waals surface area contributed by atoms with E-state index in [1.54, 1.807) is 30.3 Å². The van der Waals surface area contributed by atoms with Crippen LogP contribution in [-0.4, -0.2) is 29.1 Å². The number of amides is 1. The summed E-state index contributed by atoms with van der Waals surface area (Å²) in [5.41, 5.74) is 7.11. The zero-order chi connectivity index (χ0) is 19.7. The van der Waals surface area contributed by atoms with Crippen LogP contribution in [0.4, 0.5) is 10.5 Å². The van der Waals surface area contributed by atoms with Crippen molar-refractivity contribution in [3.63, 3.8) is 0 Å². The number of aromatic nitrogens is 2. The van der Waals surface area contributed by atoms with Gasteiger partial charge in [0, 0.05) is 23.2 Å². The summed E-state index contributed by atoms with van der Waals surface area (Å²) in [5, 5.41) is 7.97. The third-order valence-electron chi connectivity index (χ3n) is 4.55. The zero-order valence-corrected chi connectivity index (χ0v) is 15.4. The van der Waals surface area contributed by atoms with E-state index in [0.717, 1.165) is 17.5 Å². The first-order valence-electron chi connectivity index (χ1n) is 9.09. The van der Waals surface area contributed by atoms with E-state index in [0.29, 0.717) is 45.8 Å². The molecule has 4 rings (SSSR count). The number of benzene rings is 2. The second kappa shape index (κ2) is 7.22. The van der Waals surface area contributed by atoms with Crippen molar-refractivity contribution in [3.05, 3.63) is 46.8 Å². The lowest BCUT2D eigenvalue weighted by molar-refractivity contribution is 0.174. The average Bonchev–Trinajstić information content (AvgIpc) is 3.14. The van der Waals surface area contributed by atoms with Crippen LogP contribution in [-0.2, 0) is 0 Å². The molecule has 2 aromatic carbocycles. The molecule has 1 amide bonds. The number of anilines is 1. The van der Waals surface area contributed by atoms with Gasteiger partial charge in [0.1, 0.15) is 0 Å². The molecule has 8 nitrogen and oxygen atoms in total. The fourth-order valence-electron chi connectivity index (χ4n) is 3.11. The SMILES string of the molecule is CCCCNC(=O)n1nc(-c2cccc(N)c2)c2cc3c(cc2c1=O)OCO3. The van der Waals surface area contributed by atoms with Gasteiger partial charge in [0.2, 0.25) is 6.79 Å². The number of nitrogens with zero attached hydrogens (tertiary/aromatic N) is 2. The van der Waals surface area contributed by atoms with Gasteiger partial charge in [-0.3, -0.25) is 4.79 Å². The van der Waals surface area contributed by atoms with Crippen LogP contribution in [0.25, 0.3) is 22.0 Å². The maximum absolute atomic E-state index is 13.0. The van der Waals surface area contributed by atoms with Crippen LogP contribution in [0, 0.1) is 0 Å². The minimum atomic E-state index is -0.567. The van der Waals surface area contributed by atoms with Gasteiger partial charge >= 0.3 is 6.03 Å². The van der Waals surface area contributed by atoms with Gasteiger partial charge in [-0.1, -0.05) is 25.5 Å². The van der Waals surface area contributed by atoms with Crippen LogP contribution >= 0.6 is 0 Å². The van der Waals surface area contributed by atoms with E-state index in [9.17, 15) is 9.59 Å². The molecule has 0 saturated heterocycles. The van der Waals surface area contributed by atoms with E-state index in [-0.39, 0.29) is 6.79 Å². The Bertz CT molecular complexity index is 1120. The molecule has 144 valence electrons. The van der Waals surface area contributed by atoms with Crippen LogP contribution in [0.2, 0.25) is 0 Å². The molecule has 28 heavy (non-hydrogen) atoms. The van der Waals surface area contributed by atoms with E-state index in [1.807, 2.05) is 13.0 Å². The first-order chi connectivity index (χ1) is 13.6. The Balaban J connectivity index is 1.94. The highest BCUT2D eigenvalue weighted by molar-refractivity contribution is 5.97. The lowest BCUT2D eigenvalue weighted by Crippen LogP contribution is -2.38. The minimum Gasteiger partial charge on any atom is -0.454 e. The summed E-state index contributed by atoms with van der Waals surface area (Å²) >= 11 is 0. The van der Waals surface area contributed by atoms with E-state index < -0.39 is 11.6 Å². The Morgan fingerprint density at radius 2 is 1.96 bits per heavy atom. The maximum Gasteiger partial charge on any atom is 0.345 e. The normalized spacial score (nSPS) is 12.3. The lowest BCUT2D eigenvalue weighted by Gasteiger charge is -2.12. The maximum atomic E-state index is 13.0. The number of nitrogens with one attached hydrogen (secondary N) is 1. The Morgan fingerprint density at radius 3 is 2.68 bits per heavy atom. The van der Waals surface area contributed by atoms with Crippen molar-refractivity contribution >= 4 is 22.5 Å². The molecule has 0 saturated carbocycles. The summed E-state index contributed by atoms with van der Waals surface area (Å²) in [4.78, 5) is 25.5. The summed E-state index contributed by atoms with van der Waals surface area (Å²) in [6, 6.07) is 9.86. The molecule has 0 unspecified atom stereocenters. The summed E-state index contributed by atoms with van der Waals surface area (Å²) < 4.78 is 11.7. The number of carbonyl (C=O) groups excluding carboxylic acids is 1. The molecule has 8 heteroatoms. The monoisotopic (exact) mass is 380 g/mol. The molecule has 3 N–H and O–H groups in total. The number of hydrogen-bond acceptors (Lipinski definition) is 6. The minimum absolute atomic E-state index is 0.0817. The molecule has 0 spiro atoms. The van der Waals surface area contributed by atoms with Crippen molar-refractivity contribution in [1.29, 1.82) is 0 Å². The Hall–Kier alpha value is -3.55. The lowest BCUT2D eigenvalue weighted by atomic mass is 10.0. The van der Waals surface area contributed by atoms with Gasteiger partial charge in [-0.2, -0.15) is 5.10 Å². The first kappa shape index (κ1) is 17.8. The van der Waals surface area contributed by atoms with Crippen LogP contribution in [0.15, 0.2) is 41.2 Å². The largest absolute Gasteiger partial charge is 0.454 e.